The molecule has 200 valence electrons. The lowest BCUT2D eigenvalue weighted by Gasteiger charge is -2.38. The molecular weight excluding hydrogens is 454 g/mol. The van der Waals surface area contributed by atoms with E-state index in [4.69, 9.17) is 9.47 Å². The van der Waals surface area contributed by atoms with Gasteiger partial charge in [-0.25, -0.2) is 0 Å². The summed E-state index contributed by atoms with van der Waals surface area (Å²) in [5.41, 5.74) is 1.21. The highest BCUT2D eigenvalue weighted by molar-refractivity contribution is 5.99. The highest BCUT2D eigenvalue weighted by Crippen LogP contribution is 2.31. The molecule has 4 rings (SSSR count). The fraction of sp³-hybridized carbons (Fsp3) is 0.724. The van der Waals surface area contributed by atoms with Gasteiger partial charge in [0.2, 0.25) is 5.91 Å². The summed E-state index contributed by atoms with van der Waals surface area (Å²) in [4.78, 5) is 30.2. The van der Waals surface area contributed by atoms with E-state index in [9.17, 15) is 9.59 Å². The second-order valence-corrected chi connectivity index (χ2v) is 11.4. The first-order valence-electron chi connectivity index (χ1n) is 14.0. The van der Waals surface area contributed by atoms with Crippen LogP contribution in [0.2, 0.25) is 0 Å². The predicted molar refractivity (Wildman–Crippen MR) is 142 cm³/mol. The van der Waals surface area contributed by atoms with Crippen molar-refractivity contribution in [2.24, 2.45) is 17.8 Å². The van der Waals surface area contributed by atoms with Gasteiger partial charge in [0.15, 0.2) is 0 Å². The zero-order valence-electron chi connectivity index (χ0n) is 22.6. The largest absolute Gasteiger partial charge is 0.491 e. The topological polar surface area (TPSA) is 71.1 Å². The van der Waals surface area contributed by atoms with Crippen LogP contribution in [0, 0.1) is 17.8 Å². The molecule has 7 nitrogen and oxygen atoms in total. The maximum atomic E-state index is 13.4. The predicted octanol–water partition coefficient (Wildman–Crippen LogP) is 4.81. The van der Waals surface area contributed by atoms with Crippen molar-refractivity contribution in [2.75, 3.05) is 45.7 Å². The lowest BCUT2D eigenvalue weighted by Crippen LogP contribution is -2.48. The Morgan fingerprint density at radius 2 is 1.83 bits per heavy atom. The Kier molecular flexibility index (Phi) is 9.29. The zero-order chi connectivity index (χ0) is 25.7. The zero-order valence-corrected chi connectivity index (χ0v) is 22.6. The number of ether oxygens (including phenoxy) is 2. The van der Waals surface area contributed by atoms with Crippen LogP contribution < -0.4 is 10.1 Å². The summed E-state index contributed by atoms with van der Waals surface area (Å²) in [7, 11) is 3.57. The van der Waals surface area contributed by atoms with Crippen LogP contribution in [0.5, 0.6) is 5.75 Å². The van der Waals surface area contributed by atoms with Gasteiger partial charge in [-0.2, -0.15) is 0 Å². The van der Waals surface area contributed by atoms with Crippen molar-refractivity contribution < 1.29 is 19.1 Å². The molecule has 36 heavy (non-hydrogen) atoms. The Hall–Kier alpha value is -2.12. The molecule has 2 saturated carbocycles. The second-order valence-electron chi connectivity index (χ2n) is 11.4. The van der Waals surface area contributed by atoms with Crippen LogP contribution in [0.3, 0.4) is 0 Å². The molecule has 2 aliphatic carbocycles. The SMILES string of the molecule is CO[C@H]1CN(C)C(=O)c2ccc(NC(=O)C3CCC3)cc2OC[C@H](C)N(CC2CCCCC2)C[C@@H]1C. The number of fused-ring (bicyclic) bond motifs is 1. The van der Waals surface area contributed by atoms with Gasteiger partial charge in [0.25, 0.3) is 5.91 Å². The van der Waals surface area contributed by atoms with Crippen LogP contribution in [0.1, 0.15) is 75.6 Å². The maximum absolute atomic E-state index is 13.4. The molecule has 7 heteroatoms. The molecule has 0 aromatic heterocycles. The number of rotatable bonds is 5. The van der Waals surface area contributed by atoms with Gasteiger partial charge in [-0.3, -0.25) is 14.5 Å². The molecule has 0 spiro atoms. The number of benzene rings is 1. The fourth-order valence-corrected chi connectivity index (χ4v) is 5.80. The highest BCUT2D eigenvalue weighted by Gasteiger charge is 2.30. The minimum absolute atomic E-state index is 0.0511. The number of nitrogens with zero attached hydrogens (tertiary/aromatic N) is 2. The third-order valence-corrected chi connectivity index (χ3v) is 8.54. The molecule has 1 aliphatic heterocycles. The van der Waals surface area contributed by atoms with Gasteiger partial charge in [0.1, 0.15) is 12.4 Å². The summed E-state index contributed by atoms with van der Waals surface area (Å²) in [6, 6.07) is 5.61. The van der Waals surface area contributed by atoms with Crippen molar-refractivity contribution in [1.29, 1.82) is 0 Å². The Morgan fingerprint density at radius 1 is 1.08 bits per heavy atom. The number of carbonyl (C=O) groups excluding carboxylic acids is 2. The number of hydrogen-bond acceptors (Lipinski definition) is 5. The van der Waals surface area contributed by atoms with Crippen molar-refractivity contribution in [3.05, 3.63) is 23.8 Å². The third-order valence-electron chi connectivity index (χ3n) is 8.54. The number of methoxy groups -OCH3 is 1. The summed E-state index contributed by atoms with van der Waals surface area (Å²) in [6.07, 6.45) is 9.58. The van der Waals surface area contributed by atoms with Crippen LogP contribution >= 0.6 is 0 Å². The molecule has 0 saturated heterocycles. The van der Waals surface area contributed by atoms with E-state index in [0.29, 0.717) is 30.2 Å². The lowest BCUT2D eigenvalue weighted by atomic mass is 9.85. The molecular formula is C29H45N3O4. The molecule has 2 amide bonds. The Bertz CT molecular complexity index is 897. The first kappa shape index (κ1) is 26.9. The van der Waals surface area contributed by atoms with Crippen molar-refractivity contribution in [1.82, 2.24) is 9.80 Å². The van der Waals surface area contributed by atoms with E-state index in [1.54, 1.807) is 18.1 Å². The van der Waals surface area contributed by atoms with Crippen LogP contribution in [-0.2, 0) is 9.53 Å². The number of amides is 2. The second kappa shape index (κ2) is 12.4. The average Bonchev–Trinajstić information content (AvgIpc) is 2.83. The fourth-order valence-electron chi connectivity index (χ4n) is 5.80. The van der Waals surface area contributed by atoms with Crippen LogP contribution in [0.25, 0.3) is 0 Å². The van der Waals surface area contributed by atoms with Gasteiger partial charge in [-0.15, -0.1) is 0 Å². The van der Waals surface area contributed by atoms with Gasteiger partial charge in [-0.1, -0.05) is 32.6 Å². The summed E-state index contributed by atoms with van der Waals surface area (Å²) in [5.74, 6) is 1.60. The minimum Gasteiger partial charge on any atom is -0.491 e. The number of hydrogen-bond donors (Lipinski definition) is 1. The molecule has 0 unspecified atom stereocenters. The van der Waals surface area contributed by atoms with Crippen molar-refractivity contribution >= 4 is 17.5 Å². The minimum atomic E-state index is -0.0941. The number of likely N-dealkylation sites (N-methyl/N-ethyl adjacent to an activating group) is 1. The molecule has 1 aromatic rings. The lowest BCUT2D eigenvalue weighted by molar-refractivity contribution is -0.122. The van der Waals surface area contributed by atoms with E-state index in [0.717, 1.165) is 38.3 Å². The normalized spacial score (nSPS) is 27.3. The van der Waals surface area contributed by atoms with Gasteiger partial charge in [-0.05, 0) is 56.6 Å². The van der Waals surface area contributed by atoms with E-state index in [1.807, 2.05) is 19.2 Å². The smallest absolute Gasteiger partial charge is 0.257 e. The van der Waals surface area contributed by atoms with E-state index < -0.39 is 0 Å². The van der Waals surface area contributed by atoms with Gasteiger partial charge in [0, 0.05) is 57.5 Å². The monoisotopic (exact) mass is 499 g/mol. The standard InChI is InChI=1S/C29H45N3O4/c1-20-16-32(17-22-9-6-5-7-10-22)21(2)19-36-26-15-24(30-28(33)23-11-8-12-23)13-14-25(26)29(34)31(3)18-27(20)35-4/h13-15,20-23,27H,5-12,16-19H2,1-4H3,(H,30,33)/t20-,21-,27-/m0/s1. The third kappa shape index (κ3) is 6.60. The number of nitrogens with one attached hydrogen (secondary N) is 1. The van der Waals surface area contributed by atoms with Crippen molar-refractivity contribution in [2.45, 2.75) is 77.4 Å². The van der Waals surface area contributed by atoms with E-state index in [-0.39, 0.29) is 35.8 Å². The molecule has 3 aliphatic rings. The summed E-state index contributed by atoms with van der Waals surface area (Å²) in [6.45, 7) is 7.43. The molecule has 1 aromatic carbocycles. The van der Waals surface area contributed by atoms with Crippen LogP contribution in [-0.4, -0.2) is 74.2 Å². The first-order valence-corrected chi connectivity index (χ1v) is 14.0. The highest BCUT2D eigenvalue weighted by atomic mass is 16.5. The quantitative estimate of drug-likeness (QED) is 0.630. The molecule has 0 bridgehead atoms. The molecule has 0 radical (unpaired) electrons. The van der Waals surface area contributed by atoms with E-state index >= 15 is 0 Å². The van der Waals surface area contributed by atoms with Gasteiger partial charge < -0.3 is 19.7 Å². The van der Waals surface area contributed by atoms with Gasteiger partial charge in [0.05, 0.1) is 11.7 Å². The first-order chi connectivity index (χ1) is 17.4. The summed E-state index contributed by atoms with van der Waals surface area (Å²) >= 11 is 0. The van der Waals surface area contributed by atoms with E-state index in [2.05, 4.69) is 24.1 Å². The Balaban J connectivity index is 1.57. The Labute approximate surface area is 216 Å². The maximum Gasteiger partial charge on any atom is 0.257 e. The van der Waals surface area contributed by atoms with Crippen molar-refractivity contribution in [3.63, 3.8) is 0 Å². The average molecular weight is 500 g/mol. The summed E-state index contributed by atoms with van der Waals surface area (Å²) in [5, 5.41) is 3.03. The molecule has 1 N–H and O–H groups in total. The molecule has 3 atom stereocenters. The molecule has 2 fully saturated rings. The van der Waals surface area contributed by atoms with E-state index in [1.165, 1.54) is 32.1 Å². The number of anilines is 1. The Morgan fingerprint density at radius 3 is 2.50 bits per heavy atom. The van der Waals surface area contributed by atoms with Crippen LogP contribution in [0.15, 0.2) is 18.2 Å². The summed E-state index contributed by atoms with van der Waals surface area (Å²) < 4.78 is 12.2. The van der Waals surface area contributed by atoms with Crippen molar-refractivity contribution in [3.8, 4) is 5.75 Å². The molecule has 1 heterocycles. The van der Waals surface area contributed by atoms with Crippen LogP contribution in [0.4, 0.5) is 5.69 Å². The number of carbonyl (C=O) groups is 2. The van der Waals surface area contributed by atoms with Gasteiger partial charge >= 0.3 is 0 Å².